The molecule has 2 aromatic carbocycles. The van der Waals surface area contributed by atoms with Crippen LogP contribution in [-0.2, 0) is 27.4 Å². The molecule has 35 heavy (non-hydrogen) atoms. The number of ether oxygens (including phenoxy) is 3. The number of anilines is 1. The van der Waals surface area contributed by atoms with Crippen molar-refractivity contribution in [2.75, 3.05) is 18.6 Å². The van der Waals surface area contributed by atoms with Crippen LogP contribution in [0.15, 0.2) is 76.3 Å². The molecule has 1 unspecified atom stereocenters. The van der Waals surface area contributed by atoms with Gasteiger partial charge in [-0.3, -0.25) is 0 Å². The molecule has 6 nitrogen and oxygen atoms in total. The molecule has 3 aromatic rings. The fourth-order valence-electron chi connectivity index (χ4n) is 4.44. The molecule has 0 aliphatic carbocycles. The van der Waals surface area contributed by atoms with E-state index in [-0.39, 0.29) is 6.04 Å². The van der Waals surface area contributed by atoms with E-state index in [9.17, 15) is 0 Å². The van der Waals surface area contributed by atoms with E-state index in [1.807, 2.05) is 39.8 Å². The van der Waals surface area contributed by atoms with Gasteiger partial charge >= 0.3 is 0 Å². The van der Waals surface area contributed by atoms with Crippen LogP contribution in [-0.4, -0.2) is 24.9 Å². The Morgan fingerprint density at radius 1 is 1.03 bits per heavy atom. The fraction of sp³-hybridized carbons (Fsp3) is 0.345. The van der Waals surface area contributed by atoms with Crippen molar-refractivity contribution in [2.45, 2.75) is 53.9 Å². The van der Waals surface area contributed by atoms with Crippen molar-refractivity contribution in [2.24, 2.45) is 0 Å². The number of rotatable bonds is 9. The second-order valence-electron chi connectivity index (χ2n) is 8.75. The van der Waals surface area contributed by atoms with Crippen LogP contribution in [0.25, 0.3) is 11.1 Å². The predicted molar refractivity (Wildman–Crippen MR) is 138 cm³/mol. The summed E-state index contributed by atoms with van der Waals surface area (Å²) in [5.41, 5.74) is 7.48. The third kappa shape index (κ3) is 5.13. The molecule has 6 heteroatoms. The highest BCUT2D eigenvalue weighted by molar-refractivity contribution is 5.67. The summed E-state index contributed by atoms with van der Waals surface area (Å²) in [6.45, 7) is 11.7. The van der Waals surface area contributed by atoms with E-state index in [4.69, 9.17) is 18.7 Å². The lowest BCUT2D eigenvalue weighted by Gasteiger charge is -2.34. The van der Waals surface area contributed by atoms with Crippen LogP contribution < -0.4 is 4.90 Å². The molecule has 0 bridgehead atoms. The molecule has 184 valence electrons. The minimum Gasteiger partial charge on any atom is -0.495 e. The van der Waals surface area contributed by atoms with Crippen LogP contribution in [0.4, 0.5) is 5.88 Å². The van der Waals surface area contributed by atoms with E-state index in [1.54, 1.807) is 7.11 Å². The summed E-state index contributed by atoms with van der Waals surface area (Å²) in [5.74, 6) is 2.20. The third-order valence-corrected chi connectivity index (χ3v) is 6.41. The molecule has 0 radical (unpaired) electrons. The largest absolute Gasteiger partial charge is 0.495 e. The standard InChI is InChI=1S/C29H34N2O4/c1-7-33-18-25-16-23(13-14-26(25)24-11-9-8-10-12-24)17-34-27-15-19(2)31(22(5)28(27)32-6)29-20(3)21(4)30-35-29/h8-16,22H,7,17-18H2,1-6H3. The molecule has 0 saturated carbocycles. The molecule has 1 aromatic heterocycles. The number of hydrogen-bond donors (Lipinski definition) is 0. The number of allylic oxidation sites excluding steroid dienone is 2. The van der Waals surface area contributed by atoms with Gasteiger partial charge in [0.1, 0.15) is 6.61 Å². The van der Waals surface area contributed by atoms with Gasteiger partial charge in [0.2, 0.25) is 5.88 Å². The zero-order valence-electron chi connectivity index (χ0n) is 21.4. The van der Waals surface area contributed by atoms with Crippen molar-refractivity contribution in [3.8, 4) is 11.1 Å². The Morgan fingerprint density at radius 3 is 2.46 bits per heavy atom. The number of nitrogens with zero attached hydrogens (tertiary/aromatic N) is 2. The van der Waals surface area contributed by atoms with Crippen LogP contribution in [0.5, 0.6) is 0 Å². The van der Waals surface area contributed by atoms with Gasteiger partial charge in [0.15, 0.2) is 11.5 Å². The Morgan fingerprint density at radius 2 is 1.80 bits per heavy atom. The Kier molecular flexibility index (Phi) is 7.61. The second kappa shape index (κ2) is 10.8. The van der Waals surface area contributed by atoms with Crippen molar-refractivity contribution in [3.63, 3.8) is 0 Å². The van der Waals surface area contributed by atoms with Gasteiger partial charge < -0.3 is 23.6 Å². The summed E-state index contributed by atoms with van der Waals surface area (Å²) in [4.78, 5) is 2.09. The van der Waals surface area contributed by atoms with Crippen molar-refractivity contribution < 1.29 is 18.7 Å². The number of aryl methyl sites for hydroxylation is 1. The first kappa shape index (κ1) is 24.6. The number of hydrogen-bond acceptors (Lipinski definition) is 6. The summed E-state index contributed by atoms with van der Waals surface area (Å²) >= 11 is 0. The molecule has 2 heterocycles. The quantitative estimate of drug-likeness (QED) is 0.345. The van der Waals surface area contributed by atoms with Crippen LogP contribution >= 0.6 is 0 Å². The molecule has 4 rings (SSSR count). The lowest BCUT2D eigenvalue weighted by Crippen LogP contribution is -2.37. The van der Waals surface area contributed by atoms with E-state index < -0.39 is 0 Å². The average Bonchev–Trinajstić information content (AvgIpc) is 3.19. The zero-order valence-corrected chi connectivity index (χ0v) is 21.4. The third-order valence-electron chi connectivity index (χ3n) is 6.41. The number of aromatic nitrogens is 1. The zero-order chi connectivity index (χ0) is 24.9. The molecular formula is C29H34N2O4. The van der Waals surface area contributed by atoms with Crippen LogP contribution in [0.2, 0.25) is 0 Å². The number of methoxy groups -OCH3 is 1. The van der Waals surface area contributed by atoms with Crippen LogP contribution in [0.1, 0.15) is 43.2 Å². The molecule has 0 amide bonds. The van der Waals surface area contributed by atoms with Crippen LogP contribution in [0.3, 0.4) is 0 Å². The van der Waals surface area contributed by atoms with Gasteiger partial charge in [-0.2, -0.15) is 0 Å². The minimum absolute atomic E-state index is 0.0972. The lowest BCUT2D eigenvalue weighted by atomic mass is 9.98. The number of benzene rings is 2. The maximum atomic E-state index is 6.30. The molecule has 1 atom stereocenters. The molecule has 1 aliphatic heterocycles. The van der Waals surface area contributed by atoms with E-state index in [0.29, 0.717) is 19.8 Å². The fourth-order valence-corrected chi connectivity index (χ4v) is 4.44. The van der Waals surface area contributed by atoms with Gasteiger partial charge in [0.05, 0.1) is 25.5 Å². The van der Waals surface area contributed by atoms with Gasteiger partial charge in [-0.15, -0.1) is 0 Å². The molecule has 0 spiro atoms. The summed E-state index contributed by atoms with van der Waals surface area (Å²) < 4.78 is 23.5. The SMILES string of the molecule is CCOCc1cc(COC2=C(OC)C(C)N(c3onc(C)c3C)C(C)=C2)ccc1-c1ccccc1. The topological polar surface area (TPSA) is 57.0 Å². The molecule has 1 aliphatic rings. The van der Waals surface area contributed by atoms with Gasteiger partial charge in [0.25, 0.3) is 0 Å². The summed E-state index contributed by atoms with van der Waals surface area (Å²) in [7, 11) is 1.68. The van der Waals surface area contributed by atoms with Gasteiger partial charge in [-0.1, -0.05) is 47.6 Å². The summed E-state index contributed by atoms with van der Waals surface area (Å²) in [6, 6.07) is 16.7. The lowest BCUT2D eigenvalue weighted by molar-refractivity contribution is 0.134. The first-order chi connectivity index (χ1) is 16.9. The highest BCUT2D eigenvalue weighted by Crippen LogP contribution is 2.35. The molecule has 0 saturated heterocycles. The smallest absolute Gasteiger partial charge is 0.235 e. The van der Waals surface area contributed by atoms with E-state index >= 15 is 0 Å². The van der Waals surface area contributed by atoms with Crippen LogP contribution in [0, 0.1) is 13.8 Å². The molecule has 0 fully saturated rings. The maximum Gasteiger partial charge on any atom is 0.235 e. The summed E-state index contributed by atoms with van der Waals surface area (Å²) in [6.07, 6.45) is 2.00. The monoisotopic (exact) mass is 474 g/mol. The van der Waals surface area contributed by atoms with Gasteiger partial charge in [-0.05, 0) is 62.9 Å². The van der Waals surface area contributed by atoms with E-state index in [1.165, 1.54) is 11.1 Å². The Balaban J connectivity index is 1.57. The van der Waals surface area contributed by atoms with E-state index in [2.05, 4.69) is 59.4 Å². The Labute approximate surface area is 207 Å². The van der Waals surface area contributed by atoms with Crippen molar-refractivity contribution in [1.82, 2.24) is 5.16 Å². The highest BCUT2D eigenvalue weighted by Gasteiger charge is 2.32. The average molecular weight is 475 g/mol. The normalized spacial score (nSPS) is 15.9. The minimum atomic E-state index is -0.0972. The van der Waals surface area contributed by atoms with Gasteiger partial charge in [-0.25, -0.2) is 0 Å². The molecular weight excluding hydrogens is 440 g/mol. The highest BCUT2D eigenvalue weighted by atomic mass is 16.5. The summed E-state index contributed by atoms with van der Waals surface area (Å²) in [5, 5.41) is 4.12. The van der Waals surface area contributed by atoms with Crippen molar-refractivity contribution in [1.29, 1.82) is 0 Å². The van der Waals surface area contributed by atoms with Crippen molar-refractivity contribution in [3.05, 3.63) is 94.2 Å². The van der Waals surface area contributed by atoms with E-state index in [0.717, 1.165) is 45.5 Å². The van der Waals surface area contributed by atoms with Crippen molar-refractivity contribution >= 4 is 5.88 Å². The second-order valence-corrected chi connectivity index (χ2v) is 8.75. The first-order valence-electron chi connectivity index (χ1n) is 12.0. The maximum absolute atomic E-state index is 6.30. The molecule has 0 N–H and O–H groups in total. The predicted octanol–water partition coefficient (Wildman–Crippen LogP) is 6.68. The Bertz CT molecular complexity index is 1230. The first-order valence-corrected chi connectivity index (χ1v) is 12.0. The van der Waals surface area contributed by atoms with Gasteiger partial charge in [0, 0.05) is 23.9 Å². The Hall–Kier alpha value is -3.51.